The molecule has 1 aromatic heterocycles. The quantitative estimate of drug-likeness (QED) is 0.549. The summed E-state index contributed by atoms with van der Waals surface area (Å²) in [5, 5.41) is 11.1. The first-order valence-corrected chi connectivity index (χ1v) is 10.3. The summed E-state index contributed by atoms with van der Waals surface area (Å²) >= 11 is 0. The summed E-state index contributed by atoms with van der Waals surface area (Å²) in [5.74, 6) is 2.63. The van der Waals surface area contributed by atoms with E-state index < -0.39 is 0 Å². The van der Waals surface area contributed by atoms with Gasteiger partial charge in [0.05, 0.1) is 12.2 Å². The van der Waals surface area contributed by atoms with Gasteiger partial charge in [-0.1, -0.05) is 25.9 Å². The van der Waals surface area contributed by atoms with Gasteiger partial charge in [0.2, 0.25) is 0 Å². The summed E-state index contributed by atoms with van der Waals surface area (Å²) < 4.78 is 5.45. The highest BCUT2D eigenvalue weighted by molar-refractivity contribution is 5.79. The molecule has 0 aliphatic carbocycles. The second kappa shape index (κ2) is 10.6. The summed E-state index contributed by atoms with van der Waals surface area (Å²) in [6.45, 7) is 15.7. The third-order valence-electron chi connectivity index (χ3n) is 5.22. The van der Waals surface area contributed by atoms with Gasteiger partial charge in [0.1, 0.15) is 5.76 Å². The molecule has 148 valence electrons. The average molecular weight is 364 g/mol. The van der Waals surface area contributed by atoms with Crippen LogP contribution >= 0.6 is 0 Å². The van der Waals surface area contributed by atoms with Crippen LogP contribution in [0.25, 0.3) is 0 Å². The zero-order valence-corrected chi connectivity index (χ0v) is 17.3. The third kappa shape index (κ3) is 5.73. The van der Waals surface area contributed by atoms with E-state index in [4.69, 9.17) is 9.52 Å². The molecule has 2 rings (SSSR count). The van der Waals surface area contributed by atoms with Crippen molar-refractivity contribution in [3.63, 3.8) is 0 Å². The summed E-state index contributed by atoms with van der Waals surface area (Å²) in [6, 6.07) is 0.509. The molecule has 1 aromatic rings. The lowest BCUT2D eigenvalue weighted by Crippen LogP contribution is -2.48. The van der Waals surface area contributed by atoms with E-state index in [1.807, 2.05) is 0 Å². The molecule has 0 radical (unpaired) electrons. The van der Waals surface area contributed by atoms with Crippen LogP contribution < -0.4 is 10.6 Å². The SMILES string of the molecule is CCNC(=NCc1c(CC)noc1CC)NCC(C)N1CCCC(C)C1. The van der Waals surface area contributed by atoms with E-state index in [0.29, 0.717) is 12.6 Å². The number of hydrogen-bond donors (Lipinski definition) is 2. The number of aromatic nitrogens is 1. The number of hydrogen-bond acceptors (Lipinski definition) is 4. The van der Waals surface area contributed by atoms with Crippen LogP contribution in [0.1, 0.15) is 64.5 Å². The lowest BCUT2D eigenvalue weighted by molar-refractivity contribution is 0.139. The van der Waals surface area contributed by atoms with Crippen LogP contribution in [-0.4, -0.2) is 48.2 Å². The topological polar surface area (TPSA) is 65.7 Å². The molecule has 0 aromatic carbocycles. The molecular weight excluding hydrogens is 326 g/mol. The fraction of sp³-hybridized carbons (Fsp3) is 0.800. The number of nitrogens with zero attached hydrogens (tertiary/aromatic N) is 3. The first kappa shape index (κ1) is 20.7. The summed E-state index contributed by atoms with van der Waals surface area (Å²) in [6.07, 6.45) is 4.40. The molecule has 6 nitrogen and oxygen atoms in total. The van der Waals surface area contributed by atoms with E-state index >= 15 is 0 Å². The predicted octanol–water partition coefficient (Wildman–Crippen LogP) is 2.97. The molecule has 2 atom stereocenters. The number of aryl methyl sites for hydroxylation is 2. The summed E-state index contributed by atoms with van der Waals surface area (Å²) in [4.78, 5) is 7.37. The van der Waals surface area contributed by atoms with Crippen molar-refractivity contribution in [2.45, 2.75) is 72.9 Å². The molecule has 26 heavy (non-hydrogen) atoms. The Bertz CT molecular complexity index is 547. The zero-order chi connectivity index (χ0) is 18.9. The second-order valence-corrected chi connectivity index (χ2v) is 7.41. The fourth-order valence-corrected chi connectivity index (χ4v) is 3.62. The Morgan fingerprint density at radius 1 is 1.31 bits per heavy atom. The second-order valence-electron chi connectivity index (χ2n) is 7.41. The smallest absolute Gasteiger partial charge is 0.191 e. The van der Waals surface area contributed by atoms with E-state index in [2.05, 4.69) is 55.3 Å². The van der Waals surface area contributed by atoms with E-state index in [1.54, 1.807) is 0 Å². The number of piperidine rings is 1. The van der Waals surface area contributed by atoms with Crippen molar-refractivity contribution in [2.75, 3.05) is 26.2 Å². The van der Waals surface area contributed by atoms with Crippen molar-refractivity contribution in [2.24, 2.45) is 10.9 Å². The van der Waals surface area contributed by atoms with Crippen molar-refractivity contribution >= 4 is 5.96 Å². The average Bonchev–Trinajstić information content (AvgIpc) is 3.05. The van der Waals surface area contributed by atoms with Gasteiger partial charge < -0.3 is 15.2 Å². The van der Waals surface area contributed by atoms with Crippen LogP contribution in [0.5, 0.6) is 0 Å². The first-order chi connectivity index (χ1) is 12.6. The molecule has 1 aliphatic rings. The fourth-order valence-electron chi connectivity index (χ4n) is 3.62. The highest BCUT2D eigenvalue weighted by Gasteiger charge is 2.21. The Kier molecular flexibility index (Phi) is 8.42. The third-order valence-corrected chi connectivity index (χ3v) is 5.22. The van der Waals surface area contributed by atoms with Crippen LogP contribution in [-0.2, 0) is 19.4 Å². The molecular formula is C20H37N5O. The number of aliphatic imine (C=N–C) groups is 1. The molecule has 0 spiro atoms. The minimum atomic E-state index is 0.509. The molecule has 0 saturated carbocycles. The largest absolute Gasteiger partial charge is 0.361 e. The van der Waals surface area contributed by atoms with Gasteiger partial charge in [0.25, 0.3) is 0 Å². The Labute approximate surface area is 158 Å². The van der Waals surface area contributed by atoms with Crippen molar-refractivity contribution in [3.05, 3.63) is 17.0 Å². The molecule has 1 aliphatic heterocycles. The van der Waals surface area contributed by atoms with Crippen LogP contribution in [0.4, 0.5) is 0 Å². The molecule has 0 bridgehead atoms. The molecule has 2 N–H and O–H groups in total. The maximum Gasteiger partial charge on any atom is 0.191 e. The molecule has 6 heteroatoms. The molecule has 2 unspecified atom stereocenters. The Hall–Kier alpha value is -1.56. The Morgan fingerprint density at radius 3 is 2.77 bits per heavy atom. The van der Waals surface area contributed by atoms with Crippen molar-refractivity contribution in [1.29, 1.82) is 0 Å². The van der Waals surface area contributed by atoms with Gasteiger partial charge in [-0.3, -0.25) is 4.90 Å². The summed E-state index contributed by atoms with van der Waals surface area (Å²) in [5.41, 5.74) is 2.17. The highest BCUT2D eigenvalue weighted by Crippen LogP contribution is 2.18. The Balaban J connectivity index is 1.95. The minimum absolute atomic E-state index is 0.509. The van der Waals surface area contributed by atoms with E-state index in [-0.39, 0.29) is 0 Å². The molecule has 2 heterocycles. The number of likely N-dealkylation sites (tertiary alicyclic amines) is 1. The van der Waals surface area contributed by atoms with E-state index in [9.17, 15) is 0 Å². The van der Waals surface area contributed by atoms with Crippen molar-refractivity contribution in [1.82, 2.24) is 20.7 Å². The van der Waals surface area contributed by atoms with Crippen LogP contribution in [0.15, 0.2) is 9.52 Å². The van der Waals surface area contributed by atoms with Gasteiger partial charge in [0, 0.05) is 37.7 Å². The predicted molar refractivity (Wildman–Crippen MR) is 108 cm³/mol. The van der Waals surface area contributed by atoms with Crippen molar-refractivity contribution in [3.8, 4) is 0 Å². The maximum absolute atomic E-state index is 5.45. The van der Waals surface area contributed by atoms with Crippen LogP contribution in [0.3, 0.4) is 0 Å². The van der Waals surface area contributed by atoms with Crippen molar-refractivity contribution < 1.29 is 4.52 Å². The van der Waals surface area contributed by atoms with Gasteiger partial charge >= 0.3 is 0 Å². The van der Waals surface area contributed by atoms with Gasteiger partial charge in [-0.15, -0.1) is 0 Å². The monoisotopic (exact) mass is 363 g/mol. The minimum Gasteiger partial charge on any atom is -0.361 e. The van der Waals surface area contributed by atoms with E-state index in [1.165, 1.54) is 25.9 Å². The number of nitrogens with one attached hydrogen (secondary N) is 2. The zero-order valence-electron chi connectivity index (χ0n) is 17.3. The normalized spacial score (nSPS) is 20.2. The lowest BCUT2D eigenvalue weighted by atomic mass is 9.99. The summed E-state index contributed by atoms with van der Waals surface area (Å²) in [7, 11) is 0. The van der Waals surface area contributed by atoms with Gasteiger partial charge in [-0.2, -0.15) is 0 Å². The van der Waals surface area contributed by atoms with Gasteiger partial charge in [-0.25, -0.2) is 4.99 Å². The van der Waals surface area contributed by atoms with Crippen LogP contribution in [0, 0.1) is 5.92 Å². The first-order valence-electron chi connectivity index (χ1n) is 10.3. The number of rotatable bonds is 8. The van der Waals surface area contributed by atoms with Gasteiger partial charge in [-0.05, 0) is 45.6 Å². The van der Waals surface area contributed by atoms with Gasteiger partial charge in [0.15, 0.2) is 5.96 Å². The standard InChI is InChI=1S/C20H37N5O/c1-6-18-17(19(7-2)26-24-18)13-23-20(21-8-3)22-12-16(5)25-11-9-10-15(4)14-25/h15-16H,6-14H2,1-5H3,(H2,21,22,23). The highest BCUT2D eigenvalue weighted by atomic mass is 16.5. The maximum atomic E-state index is 5.45. The molecule has 0 amide bonds. The van der Waals surface area contributed by atoms with E-state index in [0.717, 1.165) is 54.8 Å². The van der Waals surface area contributed by atoms with Crippen LogP contribution in [0.2, 0.25) is 0 Å². The number of guanidine groups is 1. The lowest BCUT2D eigenvalue weighted by Gasteiger charge is -2.35. The Morgan fingerprint density at radius 2 is 2.12 bits per heavy atom. The molecule has 1 saturated heterocycles. The molecule has 1 fully saturated rings.